The normalized spacial score (nSPS) is 10.4. The Morgan fingerprint density at radius 3 is 2.36 bits per heavy atom. The molecule has 132 valence electrons. The zero-order valence-corrected chi connectivity index (χ0v) is 15.1. The van der Waals surface area contributed by atoms with Crippen LogP contribution < -0.4 is 10.6 Å². The van der Waals surface area contributed by atoms with Gasteiger partial charge in [-0.25, -0.2) is 4.39 Å². The van der Waals surface area contributed by atoms with Crippen LogP contribution in [-0.4, -0.2) is 23.3 Å². The number of anilines is 1. The summed E-state index contributed by atoms with van der Waals surface area (Å²) in [6.07, 6.45) is 0. The lowest BCUT2D eigenvalue weighted by atomic mass is 10.1. The summed E-state index contributed by atoms with van der Waals surface area (Å²) in [6, 6.07) is 11.8. The summed E-state index contributed by atoms with van der Waals surface area (Å²) in [7, 11) is 0. The number of aryl methyl sites for hydroxylation is 2. The predicted molar refractivity (Wildman–Crippen MR) is 100 cm³/mol. The summed E-state index contributed by atoms with van der Waals surface area (Å²) in [4.78, 5) is 23.7. The maximum atomic E-state index is 12.8. The van der Waals surface area contributed by atoms with Crippen molar-refractivity contribution in [2.24, 2.45) is 0 Å². The number of thioether (sulfide) groups is 1. The van der Waals surface area contributed by atoms with Crippen molar-refractivity contribution in [3.63, 3.8) is 0 Å². The Balaban J connectivity index is 1.68. The van der Waals surface area contributed by atoms with Gasteiger partial charge < -0.3 is 10.6 Å². The molecule has 6 heteroatoms. The average molecular weight is 360 g/mol. The lowest BCUT2D eigenvalue weighted by Gasteiger charge is -2.09. The van der Waals surface area contributed by atoms with Crippen molar-refractivity contribution in [3.05, 3.63) is 65.0 Å². The van der Waals surface area contributed by atoms with E-state index in [9.17, 15) is 14.0 Å². The highest BCUT2D eigenvalue weighted by molar-refractivity contribution is 8.00. The molecule has 0 aromatic heterocycles. The molecule has 0 bridgehead atoms. The molecule has 0 aliphatic heterocycles. The van der Waals surface area contributed by atoms with E-state index in [1.807, 2.05) is 32.0 Å². The van der Waals surface area contributed by atoms with Crippen LogP contribution in [0, 0.1) is 19.7 Å². The highest BCUT2D eigenvalue weighted by Gasteiger charge is 2.07. The van der Waals surface area contributed by atoms with Crippen LogP contribution in [0.5, 0.6) is 0 Å². The molecule has 0 fully saturated rings. The van der Waals surface area contributed by atoms with E-state index in [-0.39, 0.29) is 29.1 Å². The number of carbonyl (C=O) groups excluding carboxylic acids is 2. The van der Waals surface area contributed by atoms with Gasteiger partial charge >= 0.3 is 0 Å². The summed E-state index contributed by atoms with van der Waals surface area (Å²) >= 11 is 1.25. The van der Waals surface area contributed by atoms with E-state index < -0.39 is 0 Å². The summed E-state index contributed by atoms with van der Waals surface area (Å²) in [5, 5.41) is 5.59. The monoisotopic (exact) mass is 360 g/mol. The van der Waals surface area contributed by atoms with Crippen LogP contribution in [-0.2, 0) is 16.1 Å². The molecule has 25 heavy (non-hydrogen) atoms. The number of hydrogen-bond acceptors (Lipinski definition) is 3. The van der Waals surface area contributed by atoms with Gasteiger partial charge in [-0.05, 0) is 43.2 Å². The lowest BCUT2D eigenvalue weighted by molar-refractivity contribution is -0.118. The van der Waals surface area contributed by atoms with E-state index in [2.05, 4.69) is 10.6 Å². The topological polar surface area (TPSA) is 58.2 Å². The maximum Gasteiger partial charge on any atom is 0.234 e. The van der Waals surface area contributed by atoms with E-state index in [1.54, 1.807) is 12.1 Å². The van der Waals surface area contributed by atoms with Crippen LogP contribution in [0.25, 0.3) is 0 Å². The number of benzene rings is 2. The first-order valence-corrected chi connectivity index (χ1v) is 9.05. The van der Waals surface area contributed by atoms with Gasteiger partial charge in [-0.2, -0.15) is 0 Å². The van der Waals surface area contributed by atoms with E-state index in [0.29, 0.717) is 6.54 Å². The van der Waals surface area contributed by atoms with Crippen molar-refractivity contribution in [2.75, 3.05) is 16.8 Å². The zero-order valence-electron chi connectivity index (χ0n) is 14.3. The molecule has 2 rings (SSSR count). The van der Waals surface area contributed by atoms with Crippen molar-refractivity contribution in [2.45, 2.75) is 20.4 Å². The van der Waals surface area contributed by atoms with E-state index in [1.165, 1.54) is 23.9 Å². The summed E-state index contributed by atoms with van der Waals surface area (Å²) in [5.41, 5.74) is 3.77. The number of halogens is 1. The molecule has 0 saturated carbocycles. The van der Waals surface area contributed by atoms with Gasteiger partial charge in [0, 0.05) is 12.2 Å². The minimum Gasteiger partial charge on any atom is -0.351 e. The van der Waals surface area contributed by atoms with Crippen molar-refractivity contribution in [1.29, 1.82) is 0 Å². The number of nitrogens with one attached hydrogen (secondary N) is 2. The first-order valence-electron chi connectivity index (χ1n) is 7.90. The van der Waals surface area contributed by atoms with Gasteiger partial charge in [-0.1, -0.05) is 29.8 Å². The third-order valence-corrected chi connectivity index (χ3v) is 4.46. The molecule has 0 unspecified atom stereocenters. The lowest BCUT2D eigenvalue weighted by Crippen LogP contribution is -2.25. The highest BCUT2D eigenvalue weighted by Crippen LogP contribution is 2.16. The van der Waals surface area contributed by atoms with E-state index in [4.69, 9.17) is 0 Å². The van der Waals surface area contributed by atoms with Crippen molar-refractivity contribution < 1.29 is 14.0 Å². The molecule has 2 aromatic carbocycles. The quantitative estimate of drug-likeness (QED) is 0.795. The summed E-state index contributed by atoms with van der Waals surface area (Å²) < 4.78 is 12.8. The highest BCUT2D eigenvalue weighted by atomic mass is 32.2. The smallest absolute Gasteiger partial charge is 0.234 e. The predicted octanol–water partition coefficient (Wildman–Crippen LogP) is 3.43. The summed E-state index contributed by atoms with van der Waals surface area (Å²) in [5.74, 6) is -0.198. The Morgan fingerprint density at radius 2 is 1.68 bits per heavy atom. The summed E-state index contributed by atoms with van der Waals surface area (Å²) in [6.45, 7) is 4.28. The molecule has 2 aromatic rings. The van der Waals surface area contributed by atoms with Gasteiger partial charge in [-0.3, -0.25) is 9.59 Å². The van der Waals surface area contributed by atoms with Gasteiger partial charge in [-0.15, -0.1) is 11.8 Å². The fourth-order valence-corrected chi connectivity index (χ4v) is 2.88. The van der Waals surface area contributed by atoms with Crippen LogP contribution in [0.4, 0.5) is 10.1 Å². The van der Waals surface area contributed by atoms with Gasteiger partial charge in [0.1, 0.15) is 5.82 Å². The average Bonchev–Trinajstić information content (AvgIpc) is 2.57. The molecule has 0 spiro atoms. The van der Waals surface area contributed by atoms with E-state index in [0.717, 1.165) is 22.4 Å². The van der Waals surface area contributed by atoms with Crippen molar-refractivity contribution in [1.82, 2.24) is 5.32 Å². The second-order valence-corrected chi connectivity index (χ2v) is 6.75. The largest absolute Gasteiger partial charge is 0.351 e. The van der Waals surface area contributed by atoms with Crippen LogP contribution in [0.1, 0.15) is 16.7 Å². The fraction of sp³-hybridized carbons (Fsp3) is 0.263. The standard InChI is InChI=1S/C19H21FN2O2S/c1-13-3-8-17(14(2)9-13)22-19(24)12-25-11-18(23)21-10-15-4-6-16(20)7-5-15/h3-9H,10-12H2,1-2H3,(H,21,23)(H,22,24). The first-order chi connectivity index (χ1) is 11.9. The Bertz CT molecular complexity index is 748. The molecule has 0 aliphatic carbocycles. The Morgan fingerprint density at radius 1 is 1.00 bits per heavy atom. The molecular formula is C19H21FN2O2S. The maximum absolute atomic E-state index is 12.8. The number of amides is 2. The third kappa shape index (κ3) is 6.58. The van der Waals surface area contributed by atoms with Crippen molar-refractivity contribution >= 4 is 29.3 Å². The molecular weight excluding hydrogens is 339 g/mol. The minimum absolute atomic E-state index is 0.136. The molecule has 0 aliphatic rings. The second-order valence-electron chi connectivity index (χ2n) is 5.76. The number of rotatable bonds is 7. The van der Waals surface area contributed by atoms with Crippen LogP contribution in [0.2, 0.25) is 0 Å². The molecule has 0 heterocycles. The molecule has 0 saturated heterocycles. The van der Waals surface area contributed by atoms with Gasteiger partial charge in [0.15, 0.2) is 0 Å². The molecule has 0 atom stereocenters. The fourth-order valence-electron chi connectivity index (χ4n) is 2.23. The zero-order chi connectivity index (χ0) is 18.2. The number of carbonyl (C=O) groups is 2. The number of hydrogen-bond donors (Lipinski definition) is 2. The SMILES string of the molecule is Cc1ccc(NC(=O)CSCC(=O)NCc2ccc(F)cc2)c(C)c1. The van der Waals surface area contributed by atoms with Crippen LogP contribution >= 0.6 is 11.8 Å². The van der Waals surface area contributed by atoms with E-state index >= 15 is 0 Å². The van der Waals surface area contributed by atoms with Gasteiger partial charge in [0.05, 0.1) is 11.5 Å². The van der Waals surface area contributed by atoms with Gasteiger partial charge in [0.25, 0.3) is 0 Å². The Kier molecular flexibility index (Phi) is 7.01. The third-order valence-electron chi connectivity index (χ3n) is 3.53. The van der Waals surface area contributed by atoms with Gasteiger partial charge in [0.2, 0.25) is 11.8 Å². The minimum atomic E-state index is -0.305. The molecule has 2 N–H and O–H groups in total. The Labute approximate surface area is 151 Å². The molecule has 0 radical (unpaired) electrons. The second kappa shape index (κ2) is 9.22. The molecule has 2 amide bonds. The first kappa shape index (κ1) is 19.0. The Hall–Kier alpha value is -2.34. The van der Waals surface area contributed by atoms with Crippen LogP contribution in [0.15, 0.2) is 42.5 Å². The molecule has 4 nitrogen and oxygen atoms in total. The van der Waals surface area contributed by atoms with Crippen molar-refractivity contribution in [3.8, 4) is 0 Å². The van der Waals surface area contributed by atoms with Crippen LogP contribution in [0.3, 0.4) is 0 Å².